The minimum atomic E-state index is -0.634. The van der Waals surface area contributed by atoms with Crippen LogP contribution >= 0.6 is 0 Å². The maximum Gasteiger partial charge on any atom is 0.325 e. The topological polar surface area (TPSA) is 84.9 Å². The highest BCUT2D eigenvalue weighted by atomic mass is 16.5. The Kier molecular flexibility index (Phi) is 7.92. The normalized spacial score (nSPS) is 13.3. The first-order valence-corrected chi connectivity index (χ1v) is 9.04. The van der Waals surface area contributed by atoms with Gasteiger partial charge in [-0.2, -0.15) is 0 Å². The van der Waals surface area contributed by atoms with E-state index in [9.17, 15) is 14.4 Å². The van der Waals surface area contributed by atoms with E-state index in [1.54, 1.807) is 29.2 Å². The quantitative estimate of drug-likeness (QED) is 0.534. The third-order valence-electron chi connectivity index (χ3n) is 4.09. The molecule has 1 N–H and O–H groups in total. The fraction of sp³-hybridized carbons (Fsp3) is 0.526. The van der Waals surface area contributed by atoms with Gasteiger partial charge in [-0.15, -0.1) is 0 Å². The maximum absolute atomic E-state index is 12.0. The molecule has 2 amide bonds. The van der Waals surface area contributed by atoms with Crippen LogP contribution in [-0.4, -0.2) is 55.5 Å². The molecule has 2 rings (SSSR count). The van der Waals surface area contributed by atoms with E-state index < -0.39 is 5.97 Å². The van der Waals surface area contributed by atoms with Crippen molar-refractivity contribution in [2.45, 2.75) is 32.6 Å². The zero-order valence-corrected chi connectivity index (χ0v) is 15.2. The van der Waals surface area contributed by atoms with Crippen LogP contribution in [-0.2, 0) is 14.3 Å². The Morgan fingerprint density at radius 3 is 2.46 bits per heavy atom. The summed E-state index contributed by atoms with van der Waals surface area (Å²) in [5.74, 6) is -0.506. The van der Waals surface area contributed by atoms with Crippen LogP contribution in [0.1, 0.15) is 43.0 Å². The molecule has 1 aliphatic rings. The van der Waals surface area contributed by atoms with Gasteiger partial charge in [0.25, 0.3) is 11.8 Å². The molecule has 26 heavy (non-hydrogen) atoms. The molecule has 0 aromatic heterocycles. The van der Waals surface area contributed by atoms with Crippen molar-refractivity contribution in [3.8, 4) is 5.75 Å². The standard InChI is InChI=1S/C19H26N2O5/c1-2-3-12-25-16-8-6-15(7-9-16)19(24)20-13-18(23)26-14-17(22)21-10-4-5-11-21/h6-9H,2-5,10-14H2,1H3,(H,20,24). The van der Waals surface area contributed by atoms with E-state index in [0.29, 0.717) is 31.0 Å². The molecule has 0 spiro atoms. The summed E-state index contributed by atoms with van der Waals surface area (Å²) in [5.41, 5.74) is 0.425. The first-order chi connectivity index (χ1) is 12.6. The molecule has 1 heterocycles. The second-order valence-electron chi connectivity index (χ2n) is 6.16. The molecule has 1 saturated heterocycles. The minimum Gasteiger partial charge on any atom is -0.494 e. The summed E-state index contributed by atoms with van der Waals surface area (Å²) in [6, 6.07) is 6.72. The van der Waals surface area contributed by atoms with E-state index in [1.165, 1.54) is 0 Å². The van der Waals surface area contributed by atoms with E-state index in [0.717, 1.165) is 25.7 Å². The first kappa shape index (κ1) is 19.8. The molecule has 142 valence electrons. The molecule has 1 aromatic carbocycles. The molecule has 1 aromatic rings. The second kappa shape index (κ2) is 10.4. The van der Waals surface area contributed by atoms with Crippen molar-refractivity contribution in [1.82, 2.24) is 10.2 Å². The highest BCUT2D eigenvalue weighted by Crippen LogP contribution is 2.12. The second-order valence-corrected chi connectivity index (χ2v) is 6.16. The summed E-state index contributed by atoms with van der Waals surface area (Å²) >= 11 is 0. The van der Waals surface area contributed by atoms with Gasteiger partial charge in [-0.3, -0.25) is 14.4 Å². The summed E-state index contributed by atoms with van der Waals surface area (Å²) in [5, 5.41) is 2.48. The lowest BCUT2D eigenvalue weighted by atomic mass is 10.2. The Morgan fingerprint density at radius 2 is 1.81 bits per heavy atom. The molecule has 1 aliphatic heterocycles. The molecular formula is C19H26N2O5. The van der Waals surface area contributed by atoms with Gasteiger partial charge in [0, 0.05) is 18.7 Å². The predicted octanol–water partition coefficient (Wildman–Crippen LogP) is 1.76. The molecule has 0 atom stereocenters. The van der Waals surface area contributed by atoms with Crippen LogP contribution in [0.4, 0.5) is 0 Å². The van der Waals surface area contributed by atoms with Crippen molar-refractivity contribution < 1.29 is 23.9 Å². The molecule has 7 nitrogen and oxygen atoms in total. The molecule has 1 fully saturated rings. The number of carbonyl (C=O) groups excluding carboxylic acids is 3. The highest BCUT2D eigenvalue weighted by Gasteiger charge is 2.19. The van der Waals surface area contributed by atoms with E-state index in [4.69, 9.17) is 9.47 Å². The third kappa shape index (κ3) is 6.38. The van der Waals surface area contributed by atoms with E-state index in [1.807, 2.05) is 0 Å². The lowest BCUT2D eigenvalue weighted by Gasteiger charge is -2.15. The Balaban J connectivity index is 1.68. The van der Waals surface area contributed by atoms with Crippen molar-refractivity contribution >= 4 is 17.8 Å². The number of carbonyl (C=O) groups is 3. The van der Waals surface area contributed by atoms with Gasteiger partial charge in [0.2, 0.25) is 0 Å². The Bertz CT molecular complexity index is 609. The number of rotatable bonds is 9. The molecule has 0 radical (unpaired) electrons. The Morgan fingerprint density at radius 1 is 1.12 bits per heavy atom. The smallest absolute Gasteiger partial charge is 0.325 e. The zero-order chi connectivity index (χ0) is 18.8. The lowest BCUT2D eigenvalue weighted by Crippen LogP contribution is -2.35. The molecular weight excluding hydrogens is 336 g/mol. The van der Waals surface area contributed by atoms with Gasteiger partial charge in [0.05, 0.1) is 6.61 Å². The summed E-state index contributed by atoms with van der Waals surface area (Å²) in [7, 11) is 0. The number of hydrogen-bond acceptors (Lipinski definition) is 5. The van der Waals surface area contributed by atoms with E-state index in [-0.39, 0.29) is 25.0 Å². The highest BCUT2D eigenvalue weighted by molar-refractivity contribution is 5.96. The molecule has 7 heteroatoms. The number of esters is 1. The van der Waals surface area contributed by atoms with Crippen LogP contribution in [0, 0.1) is 0 Å². The minimum absolute atomic E-state index is 0.194. The number of unbranched alkanes of at least 4 members (excludes halogenated alkanes) is 1. The monoisotopic (exact) mass is 362 g/mol. The van der Waals surface area contributed by atoms with Crippen molar-refractivity contribution in [3.63, 3.8) is 0 Å². The van der Waals surface area contributed by atoms with Crippen molar-refractivity contribution in [2.75, 3.05) is 32.8 Å². The van der Waals surface area contributed by atoms with Crippen LogP contribution in [0.2, 0.25) is 0 Å². The van der Waals surface area contributed by atoms with Crippen molar-refractivity contribution in [3.05, 3.63) is 29.8 Å². The number of nitrogens with zero attached hydrogens (tertiary/aromatic N) is 1. The van der Waals surface area contributed by atoms with Gasteiger partial charge in [-0.05, 0) is 43.5 Å². The number of hydrogen-bond donors (Lipinski definition) is 1. The van der Waals surface area contributed by atoms with Gasteiger partial charge in [0.15, 0.2) is 6.61 Å². The van der Waals surface area contributed by atoms with Crippen molar-refractivity contribution in [2.24, 2.45) is 0 Å². The SMILES string of the molecule is CCCCOc1ccc(C(=O)NCC(=O)OCC(=O)N2CCCC2)cc1. The molecule has 0 aliphatic carbocycles. The summed E-state index contributed by atoms with van der Waals surface area (Å²) in [4.78, 5) is 37.2. The maximum atomic E-state index is 12.0. The van der Waals surface area contributed by atoms with Crippen LogP contribution in [0.25, 0.3) is 0 Å². The summed E-state index contributed by atoms with van der Waals surface area (Å²) in [6.45, 7) is 3.60. The van der Waals surface area contributed by atoms with Gasteiger partial charge in [-0.1, -0.05) is 13.3 Å². The number of benzene rings is 1. The number of amides is 2. The average molecular weight is 362 g/mol. The van der Waals surface area contributed by atoms with Crippen LogP contribution < -0.4 is 10.1 Å². The van der Waals surface area contributed by atoms with Gasteiger partial charge in [-0.25, -0.2) is 0 Å². The van der Waals surface area contributed by atoms with Crippen LogP contribution in [0.15, 0.2) is 24.3 Å². The fourth-order valence-electron chi connectivity index (χ4n) is 2.54. The van der Waals surface area contributed by atoms with Gasteiger partial charge >= 0.3 is 5.97 Å². The average Bonchev–Trinajstić information content (AvgIpc) is 3.20. The Hall–Kier alpha value is -2.57. The number of nitrogens with one attached hydrogen (secondary N) is 1. The predicted molar refractivity (Wildman–Crippen MR) is 96.0 cm³/mol. The largest absolute Gasteiger partial charge is 0.494 e. The molecule has 0 saturated carbocycles. The molecule has 0 unspecified atom stereocenters. The lowest BCUT2D eigenvalue weighted by molar-refractivity contribution is -0.150. The van der Waals surface area contributed by atoms with E-state index >= 15 is 0 Å². The van der Waals surface area contributed by atoms with Gasteiger partial charge in [0.1, 0.15) is 12.3 Å². The third-order valence-corrected chi connectivity index (χ3v) is 4.09. The Labute approximate surface area is 153 Å². The van der Waals surface area contributed by atoms with Crippen LogP contribution in [0.5, 0.6) is 5.75 Å². The summed E-state index contributed by atoms with van der Waals surface area (Å²) in [6.07, 6.45) is 4.00. The number of ether oxygens (including phenoxy) is 2. The summed E-state index contributed by atoms with van der Waals surface area (Å²) < 4.78 is 10.4. The van der Waals surface area contributed by atoms with Crippen LogP contribution in [0.3, 0.4) is 0 Å². The first-order valence-electron chi connectivity index (χ1n) is 9.04. The zero-order valence-electron chi connectivity index (χ0n) is 15.2. The van der Waals surface area contributed by atoms with Crippen molar-refractivity contribution in [1.29, 1.82) is 0 Å². The molecule has 0 bridgehead atoms. The number of likely N-dealkylation sites (tertiary alicyclic amines) is 1. The van der Waals surface area contributed by atoms with Gasteiger partial charge < -0.3 is 19.7 Å². The fourth-order valence-corrected chi connectivity index (χ4v) is 2.54. The van der Waals surface area contributed by atoms with E-state index in [2.05, 4.69) is 12.2 Å².